The van der Waals surface area contributed by atoms with Crippen LogP contribution >= 0.6 is 0 Å². The van der Waals surface area contributed by atoms with Crippen molar-refractivity contribution in [2.45, 2.75) is 56.5 Å². The Morgan fingerprint density at radius 2 is 1.83 bits per heavy atom. The van der Waals surface area contributed by atoms with Crippen molar-refractivity contribution in [2.24, 2.45) is 0 Å². The van der Waals surface area contributed by atoms with E-state index in [4.69, 9.17) is 15.8 Å². The summed E-state index contributed by atoms with van der Waals surface area (Å²) in [5.41, 5.74) is 11.0. The van der Waals surface area contributed by atoms with Gasteiger partial charge in [-0.3, -0.25) is 9.69 Å². The molecule has 1 aromatic carbocycles. The quantitative estimate of drug-likeness (QED) is 0.455. The van der Waals surface area contributed by atoms with Crippen molar-refractivity contribution in [3.63, 3.8) is 0 Å². The molecule has 1 amide bonds. The number of carbonyl (C=O) groups is 1. The topological polar surface area (TPSA) is 122 Å². The highest BCUT2D eigenvalue weighted by Crippen LogP contribution is 2.40. The van der Waals surface area contributed by atoms with Gasteiger partial charge in [0.15, 0.2) is 5.65 Å². The van der Waals surface area contributed by atoms with Crippen molar-refractivity contribution in [2.75, 3.05) is 32.4 Å². The number of anilines is 1. The minimum absolute atomic E-state index is 0.219. The van der Waals surface area contributed by atoms with E-state index < -0.39 is 0 Å². The SMILES string of the molecule is CN1CCN([C@H]2CC[C@@H](n3nc(-c4ccc5nc(C6CC6)[nH]c5c4)c4c(N)ncnc43)CC2)CC1=O. The number of nitrogens with two attached hydrogens (primary N) is 1. The molecule has 0 spiro atoms. The summed E-state index contributed by atoms with van der Waals surface area (Å²) in [5.74, 6) is 2.33. The van der Waals surface area contributed by atoms with Crippen molar-refractivity contribution >= 4 is 33.8 Å². The van der Waals surface area contributed by atoms with E-state index in [0.29, 0.717) is 24.3 Å². The lowest BCUT2D eigenvalue weighted by Crippen LogP contribution is -2.52. The summed E-state index contributed by atoms with van der Waals surface area (Å²) in [4.78, 5) is 33.6. The van der Waals surface area contributed by atoms with E-state index in [1.807, 2.05) is 11.9 Å². The molecule has 1 aliphatic heterocycles. The van der Waals surface area contributed by atoms with Gasteiger partial charge in [0.2, 0.25) is 5.91 Å². The van der Waals surface area contributed by atoms with Gasteiger partial charge in [-0.15, -0.1) is 0 Å². The second kappa shape index (κ2) is 8.26. The minimum atomic E-state index is 0.219. The summed E-state index contributed by atoms with van der Waals surface area (Å²) in [6.07, 6.45) is 8.03. The summed E-state index contributed by atoms with van der Waals surface area (Å²) in [6.45, 7) is 2.29. The molecule has 0 atom stereocenters. The number of H-pyrrole nitrogens is 1. The first-order chi connectivity index (χ1) is 17.5. The summed E-state index contributed by atoms with van der Waals surface area (Å²) in [6, 6.07) is 6.93. The number of likely N-dealkylation sites (N-methyl/N-ethyl adjacent to an activating group) is 1. The molecule has 0 radical (unpaired) electrons. The summed E-state index contributed by atoms with van der Waals surface area (Å²) in [7, 11) is 1.89. The lowest BCUT2D eigenvalue weighted by Gasteiger charge is -2.40. The van der Waals surface area contributed by atoms with Crippen LogP contribution in [0.4, 0.5) is 5.82 Å². The molecule has 10 heteroatoms. The van der Waals surface area contributed by atoms with Gasteiger partial charge in [0.25, 0.3) is 0 Å². The zero-order chi connectivity index (χ0) is 24.4. The van der Waals surface area contributed by atoms with Crippen LogP contribution in [0.25, 0.3) is 33.3 Å². The Bertz CT molecular complexity index is 1460. The van der Waals surface area contributed by atoms with Crippen LogP contribution < -0.4 is 5.73 Å². The smallest absolute Gasteiger partial charge is 0.236 e. The average molecular weight is 486 g/mol. The van der Waals surface area contributed by atoms with Gasteiger partial charge in [0.1, 0.15) is 23.7 Å². The number of carbonyl (C=O) groups excluding carboxylic acids is 1. The number of fused-ring (bicyclic) bond motifs is 2. The zero-order valence-corrected chi connectivity index (χ0v) is 20.5. The highest BCUT2D eigenvalue weighted by atomic mass is 16.2. The van der Waals surface area contributed by atoms with Crippen molar-refractivity contribution in [1.29, 1.82) is 0 Å². The van der Waals surface area contributed by atoms with Gasteiger partial charge < -0.3 is 15.6 Å². The minimum Gasteiger partial charge on any atom is -0.383 e. The fraction of sp³-hybridized carbons (Fsp3) is 0.500. The number of piperazine rings is 1. The molecule has 186 valence electrons. The van der Waals surface area contributed by atoms with Crippen LogP contribution in [0.15, 0.2) is 24.5 Å². The maximum atomic E-state index is 12.2. The van der Waals surface area contributed by atoms with Gasteiger partial charge >= 0.3 is 0 Å². The van der Waals surface area contributed by atoms with Crippen molar-refractivity contribution in [1.82, 2.24) is 39.5 Å². The third-order valence-corrected chi connectivity index (χ3v) is 8.27. The molecule has 3 aliphatic rings. The van der Waals surface area contributed by atoms with Crippen LogP contribution in [-0.2, 0) is 4.79 Å². The number of rotatable bonds is 4. The Morgan fingerprint density at radius 3 is 2.61 bits per heavy atom. The van der Waals surface area contributed by atoms with Gasteiger partial charge in [-0.25, -0.2) is 19.6 Å². The molecular formula is C26H31N9O. The number of nitrogens with one attached hydrogen (secondary N) is 1. The number of imidazole rings is 1. The standard InChI is InChI=1S/C26H31N9O/c1-33-10-11-34(13-21(33)36)17-5-7-18(8-6-17)35-26-22(24(27)28-14-29-26)23(32-35)16-4-9-19-20(12-16)31-25(30-19)15-2-3-15/h4,9,12,14-15,17-18H,2-3,5-8,10-11,13H2,1H3,(H,30,31)(H2,27,28,29)/t17-,18+. The third-order valence-electron chi connectivity index (χ3n) is 8.27. The zero-order valence-electron chi connectivity index (χ0n) is 20.5. The number of hydrogen-bond acceptors (Lipinski definition) is 7. The molecule has 2 aliphatic carbocycles. The lowest BCUT2D eigenvalue weighted by atomic mass is 9.90. The number of nitrogen functional groups attached to an aromatic ring is 1. The van der Waals surface area contributed by atoms with E-state index in [0.717, 1.165) is 77.9 Å². The Balaban J connectivity index is 1.19. The molecule has 3 aromatic heterocycles. The van der Waals surface area contributed by atoms with Crippen LogP contribution in [0.3, 0.4) is 0 Å². The molecule has 0 bridgehead atoms. The first-order valence-electron chi connectivity index (χ1n) is 13.0. The molecule has 10 nitrogen and oxygen atoms in total. The van der Waals surface area contributed by atoms with E-state index in [1.54, 1.807) is 0 Å². The first-order valence-corrected chi connectivity index (χ1v) is 13.0. The van der Waals surface area contributed by atoms with Crippen LogP contribution in [0.1, 0.15) is 56.3 Å². The monoisotopic (exact) mass is 485 g/mol. The molecule has 7 rings (SSSR count). The summed E-state index contributed by atoms with van der Waals surface area (Å²) < 4.78 is 2.07. The maximum absolute atomic E-state index is 12.2. The molecule has 4 aromatic rings. The van der Waals surface area contributed by atoms with Gasteiger partial charge in [-0.05, 0) is 50.7 Å². The first kappa shape index (κ1) is 21.7. The van der Waals surface area contributed by atoms with Crippen LogP contribution in [0.2, 0.25) is 0 Å². The highest BCUT2D eigenvalue weighted by molar-refractivity contribution is 5.99. The van der Waals surface area contributed by atoms with Gasteiger partial charge in [0.05, 0.1) is 29.0 Å². The molecular weight excluding hydrogens is 454 g/mol. The molecule has 36 heavy (non-hydrogen) atoms. The molecule has 3 N–H and O–H groups in total. The number of aromatic nitrogens is 6. The molecule has 1 saturated heterocycles. The van der Waals surface area contributed by atoms with Crippen molar-refractivity contribution < 1.29 is 4.79 Å². The normalized spacial score (nSPS) is 23.7. The highest BCUT2D eigenvalue weighted by Gasteiger charge is 2.33. The predicted molar refractivity (Wildman–Crippen MR) is 137 cm³/mol. The second-order valence-electron chi connectivity index (χ2n) is 10.6. The Kier molecular flexibility index (Phi) is 4.99. The Hall–Kier alpha value is -3.53. The third kappa shape index (κ3) is 3.62. The summed E-state index contributed by atoms with van der Waals surface area (Å²) in [5, 5.41) is 5.90. The molecule has 2 saturated carbocycles. The summed E-state index contributed by atoms with van der Waals surface area (Å²) >= 11 is 0. The van der Waals surface area contributed by atoms with Gasteiger partial charge in [0, 0.05) is 37.7 Å². The number of aromatic amines is 1. The van der Waals surface area contributed by atoms with Crippen LogP contribution in [-0.4, -0.2) is 78.1 Å². The van der Waals surface area contributed by atoms with E-state index >= 15 is 0 Å². The molecule has 3 fully saturated rings. The second-order valence-corrected chi connectivity index (χ2v) is 10.6. The lowest BCUT2D eigenvalue weighted by molar-refractivity contribution is -0.135. The fourth-order valence-electron chi connectivity index (χ4n) is 5.94. The predicted octanol–water partition coefficient (Wildman–Crippen LogP) is 3.09. The van der Waals surface area contributed by atoms with E-state index in [-0.39, 0.29) is 11.9 Å². The van der Waals surface area contributed by atoms with Crippen molar-refractivity contribution in [3.05, 3.63) is 30.4 Å². The maximum Gasteiger partial charge on any atom is 0.236 e. The number of nitrogens with zero attached hydrogens (tertiary/aromatic N) is 7. The van der Waals surface area contributed by atoms with E-state index in [1.165, 1.54) is 19.2 Å². The van der Waals surface area contributed by atoms with E-state index in [9.17, 15) is 4.79 Å². The largest absolute Gasteiger partial charge is 0.383 e. The number of amides is 1. The number of hydrogen-bond donors (Lipinski definition) is 2. The van der Waals surface area contributed by atoms with Crippen LogP contribution in [0.5, 0.6) is 0 Å². The average Bonchev–Trinajstić information content (AvgIpc) is 3.53. The van der Waals surface area contributed by atoms with E-state index in [2.05, 4.69) is 42.7 Å². The van der Waals surface area contributed by atoms with Crippen LogP contribution in [0, 0.1) is 0 Å². The van der Waals surface area contributed by atoms with Crippen molar-refractivity contribution in [3.8, 4) is 11.3 Å². The fourth-order valence-corrected chi connectivity index (χ4v) is 5.94. The van der Waals surface area contributed by atoms with Gasteiger partial charge in [-0.2, -0.15) is 5.10 Å². The van der Waals surface area contributed by atoms with Gasteiger partial charge in [-0.1, -0.05) is 6.07 Å². The molecule has 0 unspecified atom stereocenters. The number of benzene rings is 1. The Morgan fingerprint density at radius 1 is 1.03 bits per heavy atom. The molecule has 4 heterocycles. The Labute approximate surface area is 208 Å².